The number of benzene rings is 1. The minimum absolute atomic E-state index is 0.0271. The van der Waals surface area contributed by atoms with E-state index in [-0.39, 0.29) is 70.2 Å². The SMILES string of the molecule is CC(C)c1ncnc(Cl)c1-n1c(=O)nc(N2CCN(C(=O)O)CC2C)c2cc(Cl)c(-c3ccccc3F)nc21. The summed E-state index contributed by atoms with van der Waals surface area (Å²) in [6.07, 6.45) is 0.295. The molecule has 4 heterocycles. The molecule has 1 N–H and O–H groups in total. The Morgan fingerprint density at radius 3 is 2.56 bits per heavy atom. The number of amides is 1. The molecule has 0 spiro atoms. The van der Waals surface area contributed by atoms with Gasteiger partial charge in [-0.1, -0.05) is 49.2 Å². The molecule has 1 saturated heterocycles. The molecular weight excluding hydrogens is 548 g/mol. The van der Waals surface area contributed by atoms with Gasteiger partial charge in [0.05, 0.1) is 21.8 Å². The van der Waals surface area contributed by atoms with Gasteiger partial charge in [0.2, 0.25) is 0 Å². The summed E-state index contributed by atoms with van der Waals surface area (Å²) in [5.74, 6) is -0.376. The minimum atomic E-state index is -1.02. The zero-order valence-electron chi connectivity index (χ0n) is 21.3. The van der Waals surface area contributed by atoms with Crippen molar-refractivity contribution in [3.05, 3.63) is 68.8 Å². The number of anilines is 1. The fourth-order valence-electron chi connectivity index (χ4n) is 4.81. The molecule has 10 nitrogen and oxygen atoms in total. The van der Waals surface area contributed by atoms with Gasteiger partial charge in [-0.25, -0.2) is 33.5 Å². The molecule has 1 atom stereocenters. The second kappa shape index (κ2) is 10.4. The number of hydrogen-bond acceptors (Lipinski definition) is 7. The molecule has 1 aliphatic rings. The average Bonchev–Trinajstić information content (AvgIpc) is 2.89. The number of carboxylic acid groups (broad SMARTS) is 1. The molecule has 0 bridgehead atoms. The van der Waals surface area contributed by atoms with E-state index < -0.39 is 17.6 Å². The van der Waals surface area contributed by atoms with Gasteiger partial charge in [-0.05, 0) is 31.0 Å². The molecule has 0 radical (unpaired) electrons. The summed E-state index contributed by atoms with van der Waals surface area (Å²) in [4.78, 5) is 46.0. The first-order valence-corrected chi connectivity index (χ1v) is 13.0. The van der Waals surface area contributed by atoms with Crippen LogP contribution in [-0.2, 0) is 0 Å². The third-order valence-corrected chi connectivity index (χ3v) is 7.24. The molecule has 3 aromatic heterocycles. The van der Waals surface area contributed by atoms with Gasteiger partial charge in [-0.15, -0.1) is 0 Å². The van der Waals surface area contributed by atoms with E-state index in [4.69, 9.17) is 28.2 Å². The fraction of sp³-hybridized carbons (Fsp3) is 0.308. The fourth-order valence-corrected chi connectivity index (χ4v) is 5.29. The van der Waals surface area contributed by atoms with Crippen LogP contribution in [-0.4, -0.2) is 66.3 Å². The van der Waals surface area contributed by atoms with E-state index in [1.807, 2.05) is 25.7 Å². The highest BCUT2D eigenvalue weighted by Gasteiger charge is 2.31. The van der Waals surface area contributed by atoms with E-state index in [1.165, 1.54) is 21.9 Å². The summed E-state index contributed by atoms with van der Waals surface area (Å²) >= 11 is 13.2. The number of hydrogen-bond donors (Lipinski definition) is 1. The lowest BCUT2D eigenvalue weighted by molar-refractivity contribution is 0.136. The van der Waals surface area contributed by atoms with Gasteiger partial charge in [0, 0.05) is 31.2 Å². The Bertz CT molecular complexity index is 1660. The van der Waals surface area contributed by atoms with Crippen LogP contribution in [0, 0.1) is 5.82 Å². The molecule has 4 aromatic rings. The van der Waals surface area contributed by atoms with Crippen molar-refractivity contribution >= 4 is 46.1 Å². The Morgan fingerprint density at radius 2 is 1.90 bits per heavy atom. The number of halogens is 3. The van der Waals surface area contributed by atoms with Crippen LogP contribution in [0.5, 0.6) is 0 Å². The molecule has 1 aromatic carbocycles. The molecule has 39 heavy (non-hydrogen) atoms. The standard InChI is InChI=1S/C26H24Cl2FN7O3/c1-13(2)19-21(22(28)31-12-30-19)36-24-16(10-17(27)20(32-24)15-6-4-5-7-18(15)29)23(33-25(36)37)35-9-8-34(26(38)39)11-14(35)3/h4-7,10,12-14H,8-9,11H2,1-3H3,(H,38,39). The average molecular weight is 572 g/mol. The monoisotopic (exact) mass is 571 g/mol. The molecule has 13 heteroatoms. The summed E-state index contributed by atoms with van der Waals surface area (Å²) in [7, 11) is 0. The van der Waals surface area contributed by atoms with Crippen LogP contribution in [0.25, 0.3) is 28.0 Å². The Morgan fingerprint density at radius 1 is 1.15 bits per heavy atom. The van der Waals surface area contributed by atoms with E-state index in [1.54, 1.807) is 24.3 Å². The maximum atomic E-state index is 14.8. The van der Waals surface area contributed by atoms with E-state index in [0.717, 1.165) is 0 Å². The summed E-state index contributed by atoms with van der Waals surface area (Å²) in [5.41, 5.74) is 0.458. The van der Waals surface area contributed by atoms with Crippen LogP contribution in [0.1, 0.15) is 32.4 Å². The quantitative estimate of drug-likeness (QED) is 0.340. The highest BCUT2D eigenvalue weighted by Crippen LogP contribution is 2.36. The maximum absolute atomic E-state index is 14.8. The van der Waals surface area contributed by atoms with E-state index >= 15 is 0 Å². The van der Waals surface area contributed by atoms with Gasteiger partial charge >= 0.3 is 11.8 Å². The second-order valence-corrected chi connectivity index (χ2v) is 10.3. The number of aromatic nitrogens is 5. The molecule has 1 unspecified atom stereocenters. The van der Waals surface area contributed by atoms with Crippen LogP contribution in [0.15, 0.2) is 41.5 Å². The summed E-state index contributed by atoms with van der Waals surface area (Å²) in [5, 5.41) is 10.0. The molecule has 1 aliphatic heterocycles. The normalized spacial score (nSPS) is 15.8. The van der Waals surface area contributed by atoms with Crippen LogP contribution in [0.3, 0.4) is 0 Å². The first kappa shape index (κ1) is 26.8. The summed E-state index contributed by atoms with van der Waals surface area (Å²) in [6, 6.07) is 7.35. The Kier molecular flexibility index (Phi) is 7.13. The predicted molar refractivity (Wildman–Crippen MR) is 147 cm³/mol. The lowest BCUT2D eigenvalue weighted by atomic mass is 10.1. The van der Waals surface area contributed by atoms with Gasteiger partial charge in [0.25, 0.3) is 0 Å². The lowest BCUT2D eigenvalue weighted by Crippen LogP contribution is -2.54. The number of nitrogens with zero attached hydrogens (tertiary/aromatic N) is 7. The molecule has 5 rings (SSSR count). The first-order chi connectivity index (χ1) is 18.6. The van der Waals surface area contributed by atoms with Crippen molar-refractivity contribution in [3.8, 4) is 16.9 Å². The number of piperazine rings is 1. The summed E-state index contributed by atoms with van der Waals surface area (Å²) < 4.78 is 16.1. The third kappa shape index (κ3) is 4.76. The van der Waals surface area contributed by atoms with Gasteiger partial charge in [0.1, 0.15) is 23.6 Å². The third-order valence-electron chi connectivity index (χ3n) is 6.68. The van der Waals surface area contributed by atoms with Crippen LogP contribution in [0.4, 0.5) is 15.0 Å². The maximum Gasteiger partial charge on any atom is 0.407 e. The van der Waals surface area contributed by atoms with Crippen molar-refractivity contribution in [1.29, 1.82) is 0 Å². The number of carbonyl (C=O) groups is 1. The molecular formula is C26H24Cl2FN7O3. The van der Waals surface area contributed by atoms with Gasteiger partial charge in [-0.3, -0.25) is 0 Å². The molecule has 202 valence electrons. The van der Waals surface area contributed by atoms with Crippen LogP contribution in [0.2, 0.25) is 10.2 Å². The minimum Gasteiger partial charge on any atom is -0.465 e. The number of rotatable bonds is 4. The molecule has 1 amide bonds. The lowest BCUT2D eigenvalue weighted by Gasteiger charge is -2.39. The molecule has 0 saturated carbocycles. The van der Waals surface area contributed by atoms with Gasteiger partial charge in [-0.2, -0.15) is 4.98 Å². The molecule has 1 fully saturated rings. The Labute approximate surface area is 232 Å². The zero-order valence-corrected chi connectivity index (χ0v) is 22.8. The van der Waals surface area contributed by atoms with E-state index in [0.29, 0.717) is 11.1 Å². The van der Waals surface area contributed by atoms with Crippen molar-refractivity contribution in [2.24, 2.45) is 0 Å². The highest BCUT2D eigenvalue weighted by atomic mass is 35.5. The van der Waals surface area contributed by atoms with E-state index in [9.17, 15) is 19.1 Å². The van der Waals surface area contributed by atoms with Crippen molar-refractivity contribution in [2.75, 3.05) is 24.5 Å². The largest absolute Gasteiger partial charge is 0.465 e. The number of pyridine rings is 1. The Balaban J connectivity index is 1.84. The smallest absolute Gasteiger partial charge is 0.407 e. The van der Waals surface area contributed by atoms with Gasteiger partial charge < -0.3 is 14.9 Å². The van der Waals surface area contributed by atoms with Crippen molar-refractivity contribution in [2.45, 2.75) is 32.7 Å². The number of fused-ring (bicyclic) bond motifs is 1. The summed E-state index contributed by atoms with van der Waals surface area (Å²) in [6.45, 7) is 6.36. The van der Waals surface area contributed by atoms with Crippen molar-refractivity contribution in [1.82, 2.24) is 29.4 Å². The second-order valence-electron chi connectivity index (χ2n) is 9.55. The molecule has 0 aliphatic carbocycles. The Hall–Kier alpha value is -3.83. The first-order valence-electron chi connectivity index (χ1n) is 12.2. The van der Waals surface area contributed by atoms with Crippen LogP contribution < -0.4 is 10.6 Å². The predicted octanol–water partition coefficient (Wildman–Crippen LogP) is 5.00. The van der Waals surface area contributed by atoms with Crippen molar-refractivity contribution < 1.29 is 14.3 Å². The van der Waals surface area contributed by atoms with Crippen LogP contribution >= 0.6 is 23.2 Å². The zero-order chi connectivity index (χ0) is 28.0. The van der Waals surface area contributed by atoms with E-state index in [2.05, 4.69) is 15.0 Å². The van der Waals surface area contributed by atoms with Gasteiger partial charge in [0.15, 0.2) is 10.8 Å². The highest BCUT2D eigenvalue weighted by molar-refractivity contribution is 6.34. The van der Waals surface area contributed by atoms with Crippen molar-refractivity contribution in [3.63, 3.8) is 0 Å². The topological polar surface area (TPSA) is 117 Å².